The highest BCUT2D eigenvalue weighted by atomic mass is 15.2. The van der Waals surface area contributed by atoms with Gasteiger partial charge in [-0.3, -0.25) is 5.84 Å². The summed E-state index contributed by atoms with van der Waals surface area (Å²) >= 11 is 0. The molecule has 0 spiro atoms. The van der Waals surface area contributed by atoms with Crippen LogP contribution in [0.25, 0.3) is 22.3 Å². The zero-order chi connectivity index (χ0) is 13.8. The molecule has 20 heavy (non-hydrogen) atoms. The van der Waals surface area contributed by atoms with Crippen LogP contribution < -0.4 is 11.3 Å². The molecule has 3 aromatic rings. The highest BCUT2D eigenvalue weighted by molar-refractivity contribution is 5.71. The van der Waals surface area contributed by atoms with Crippen LogP contribution in [0.15, 0.2) is 72.8 Å². The number of hydrogen-bond donors (Lipinski definition) is 2. The molecule has 3 aromatic carbocycles. The van der Waals surface area contributed by atoms with Crippen molar-refractivity contribution in [3.8, 4) is 22.3 Å². The standard InChI is InChI=1S/C18H15N2/c19-20-18-12-10-17(11-13-18)16-8-6-15(7-9-16)14-4-2-1-3-5-14/h2-13,20H,19H2. The van der Waals surface area contributed by atoms with Crippen molar-refractivity contribution in [3.05, 3.63) is 78.9 Å². The van der Waals surface area contributed by atoms with Gasteiger partial charge in [-0.1, -0.05) is 60.7 Å². The van der Waals surface area contributed by atoms with Gasteiger partial charge < -0.3 is 5.43 Å². The van der Waals surface area contributed by atoms with Crippen LogP contribution in [0.2, 0.25) is 0 Å². The van der Waals surface area contributed by atoms with Crippen LogP contribution in [0, 0.1) is 6.07 Å². The molecule has 97 valence electrons. The first kappa shape index (κ1) is 12.5. The van der Waals surface area contributed by atoms with E-state index in [4.69, 9.17) is 5.84 Å². The van der Waals surface area contributed by atoms with Gasteiger partial charge in [0.1, 0.15) is 0 Å². The molecule has 0 fully saturated rings. The molecule has 1 radical (unpaired) electrons. The summed E-state index contributed by atoms with van der Waals surface area (Å²) in [6.07, 6.45) is 0. The maximum atomic E-state index is 5.37. The maximum Gasteiger partial charge on any atom is 0.0485 e. The van der Waals surface area contributed by atoms with E-state index in [0.717, 1.165) is 5.69 Å². The Bertz CT molecular complexity index is 671. The van der Waals surface area contributed by atoms with Gasteiger partial charge in [0.25, 0.3) is 0 Å². The van der Waals surface area contributed by atoms with E-state index in [9.17, 15) is 0 Å². The molecule has 2 heteroatoms. The number of nitrogens with two attached hydrogens (primary N) is 1. The molecule has 0 aliphatic rings. The van der Waals surface area contributed by atoms with Crippen LogP contribution in [0.1, 0.15) is 0 Å². The van der Waals surface area contributed by atoms with Gasteiger partial charge >= 0.3 is 0 Å². The minimum Gasteiger partial charge on any atom is -0.324 e. The number of hydrazine groups is 1. The predicted octanol–water partition coefficient (Wildman–Crippen LogP) is 4.11. The highest BCUT2D eigenvalue weighted by Crippen LogP contribution is 2.25. The van der Waals surface area contributed by atoms with E-state index in [1.807, 2.05) is 24.3 Å². The number of hydrogen-bond acceptors (Lipinski definition) is 2. The second-order valence-corrected chi connectivity index (χ2v) is 4.59. The lowest BCUT2D eigenvalue weighted by Crippen LogP contribution is -2.05. The molecule has 0 saturated heterocycles. The zero-order valence-corrected chi connectivity index (χ0v) is 11.0. The number of benzene rings is 3. The van der Waals surface area contributed by atoms with Crippen molar-refractivity contribution in [3.63, 3.8) is 0 Å². The summed E-state index contributed by atoms with van der Waals surface area (Å²) in [5, 5.41) is 0. The third-order valence-corrected chi connectivity index (χ3v) is 3.32. The smallest absolute Gasteiger partial charge is 0.0485 e. The highest BCUT2D eigenvalue weighted by Gasteiger charge is 2.00. The molecule has 2 nitrogen and oxygen atoms in total. The Morgan fingerprint density at radius 2 is 1.00 bits per heavy atom. The minimum absolute atomic E-state index is 0.908. The molecule has 0 amide bonds. The van der Waals surface area contributed by atoms with Gasteiger partial charge in [0, 0.05) is 5.69 Å². The molecule has 0 aliphatic carbocycles. The van der Waals surface area contributed by atoms with E-state index in [2.05, 4.69) is 60.0 Å². The Morgan fingerprint density at radius 1 is 0.600 bits per heavy atom. The molecular formula is C18H15N2. The van der Waals surface area contributed by atoms with Crippen molar-refractivity contribution in [2.45, 2.75) is 0 Å². The van der Waals surface area contributed by atoms with E-state index >= 15 is 0 Å². The summed E-state index contributed by atoms with van der Waals surface area (Å²) in [5.41, 5.74) is 8.33. The van der Waals surface area contributed by atoms with Crippen molar-refractivity contribution in [2.24, 2.45) is 5.84 Å². The van der Waals surface area contributed by atoms with E-state index in [-0.39, 0.29) is 0 Å². The van der Waals surface area contributed by atoms with Crippen molar-refractivity contribution >= 4 is 5.69 Å². The Balaban J connectivity index is 1.89. The van der Waals surface area contributed by atoms with Crippen molar-refractivity contribution in [1.29, 1.82) is 0 Å². The van der Waals surface area contributed by atoms with Gasteiger partial charge in [-0.15, -0.1) is 0 Å². The topological polar surface area (TPSA) is 38.0 Å². The molecule has 3 rings (SSSR count). The number of anilines is 1. The van der Waals surface area contributed by atoms with E-state index in [1.165, 1.54) is 22.3 Å². The van der Waals surface area contributed by atoms with E-state index < -0.39 is 0 Å². The van der Waals surface area contributed by atoms with E-state index in [1.54, 1.807) is 0 Å². The fourth-order valence-corrected chi connectivity index (χ4v) is 2.19. The molecule has 0 saturated carbocycles. The van der Waals surface area contributed by atoms with Crippen LogP contribution >= 0.6 is 0 Å². The Labute approximate surface area is 118 Å². The van der Waals surface area contributed by atoms with Gasteiger partial charge in [-0.05, 0) is 40.5 Å². The van der Waals surface area contributed by atoms with Crippen molar-refractivity contribution in [2.75, 3.05) is 5.43 Å². The molecule has 0 bridgehead atoms. The SMILES string of the molecule is NNc1ccc(-c2ccc(-c3cc[c]cc3)cc2)cc1. The third-order valence-electron chi connectivity index (χ3n) is 3.32. The Morgan fingerprint density at radius 3 is 1.45 bits per heavy atom. The molecule has 0 heterocycles. The molecule has 0 aliphatic heterocycles. The molecule has 0 unspecified atom stereocenters. The second kappa shape index (κ2) is 5.59. The quantitative estimate of drug-likeness (QED) is 0.549. The number of nitrogens with one attached hydrogen (secondary N) is 1. The van der Waals surface area contributed by atoms with Gasteiger partial charge in [0.2, 0.25) is 0 Å². The third kappa shape index (κ3) is 2.56. The zero-order valence-electron chi connectivity index (χ0n) is 11.0. The molecule has 0 aromatic heterocycles. The first-order chi connectivity index (χ1) is 9.86. The van der Waals surface area contributed by atoms with E-state index in [0.29, 0.717) is 0 Å². The molecular weight excluding hydrogens is 244 g/mol. The monoisotopic (exact) mass is 259 g/mol. The lowest BCUT2D eigenvalue weighted by molar-refractivity contribution is 1.35. The lowest BCUT2D eigenvalue weighted by atomic mass is 10.0. The fraction of sp³-hybridized carbons (Fsp3) is 0. The van der Waals surface area contributed by atoms with Crippen molar-refractivity contribution in [1.82, 2.24) is 0 Å². The number of nitrogen functional groups attached to an aromatic ring is 1. The largest absolute Gasteiger partial charge is 0.324 e. The predicted molar refractivity (Wildman–Crippen MR) is 84.0 cm³/mol. The fourth-order valence-electron chi connectivity index (χ4n) is 2.19. The first-order valence-electron chi connectivity index (χ1n) is 6.50. The van der Waals surface area contributed by atoms with Crippen LogP contribution in [0.3, 0.4) is 0 Å². The average molecular weight is 259 g/mol. The Kier molecular flexibility index (Phi) is 3.48. The van der Waals surface area contributed by atoms with Gasteiger partial charge in [-0.2, -0.15) is 0 Å². The van der Waals surface area contributed by atoms with Crippen LogP contribution in [-0.2, 0) is 0 Å². The Hall–Kier alpha value is -2.58. The van der Waals surface area contributed by atoms with Gasteiger partial charge in [0.05, 0.1) is 0 Å². The molecule has 0 atom stereocenters. The minimum atomic E-state index is 0.908. The molecule has 3 N–H and O–H groups in total. The summed E-state index contributed by atoms with van der Waals surface area (Å²) in [5.74, 6) is 5.37. The summed E-state index contributed by atoms with van der Waals surface area (Å²) in [7, 11) is 0. The van der Waals surface area contributed by atoms with Crippen molar-refractivity contribution < 1.29 is 0 Å². The summed E-state index contributed by atoms with van der Waals surface area (Å²) < 4.78 is 0. The first-order valence-corrected chi connectivity index (χ1v) is 6.50. The average Bonchev–Trinajstić information content (AvgIpc) is 2.56. The summed E-state index contributed by atoms with van der Waals surface area (Å²) in [6, 6.07) is 27.6. The lowest BCUT2D eigenvalue weighted by Gasteiger charge is -2.06. The van der Waals surface area contributed by atoms with Crippen LogP contribution in [-0.4, -0.2) is 0 Å². The summed E-state index contributed by atoms with van der Waals surface area (Å²) in [6.45, 7) is 0. The second-order valence-electron chi connectivity index (χ2n) is 4.59. The van der Waals surface area contributed by atoms with Gasteiger partial charge in [-0.25, -0.2) is 0 Å². The normalized spacial score (nSPS) is 10.2. The van der Waals surface area contributed by atoms with Gasteiger partial charge in [0.15, 0.2) is 0 Å². The van der Waals surface area contributed by atoms with Crippen LogP contribution in [0.4, 0.5) is 5.69 Å². The van der Waals surface area contributed by atoms with Crippen LogP contribution in [0.5, 0.6) is 0 Å². The maximum absolute atomic E-state index is 5.37. The summed E-state index contributed by atoms with van der Waals surface area (Å²) in [4.78, 5) is 0. The number of rotatable bonds is 3.